The standard InChI is InChI=1S/C9H11NS2.Na.H/c11-9(12)10-7-6-8-4-2-1-3-5-8;;/h1-5H,6-7H2,(H2,10,11,12);;/q;+1;-1. The summed E-state index contributed by atoms with van der Waals surface area (Å²) in [6, 6.07) is 10.3. The van der Waals surface area contributed by atoms with Crippen LogP contribution in [0.4, 0.5) is 0 Å². The van der Waals surface area contributed by atoms with Crippen molar-refractivity contribution in [2.75, 3.05) is 6.54 Å². The Morgan fingerprint density at radius 2 is 2.00 bits per heavy atom. The van der Waals surface area contributed by atoms with Gasteiger partial charge in [0.05, 0.1) is 0 Å². The average molecular weight is 221 g/mol. The topological polar surface area (TPSA) is 12.0 Å². The van der Waals surface area contributed by atoms with E-state index < -0.39 is 0 Å². The monoisotopic (exact) mass is 221 g/mol. The molecule has 66 valence electrons. The van der Waals surface area contributed by atoms with Crippen molar-refractivity contribution in [1.82, 2.24) is 5.32 Å². The van der Waals surface area contributed by atoms with Crippen molar-refractivity contribution < 1.29 is 31.0 Å². The second-order valence-corrected chi connectivity index (χ2v) is 3.63. The van der Waals surface area contributed by atoms with Crippen LogP contribution in [0.2, 0.25) is 0 Å². The smallest absolute Gasteiger partial charge is 1.00 e. The van der Waals surface area contributed by atoms with Crippen molar-refractivity contribution in [1.29, 1.82) is 0 Å². The molecule has 0 radical (unpaired) electrons. The van der Waals surface area contributed by atoms with Gasteiger partial charge in [0.1, 0.15) is 4.32 Å². The summed E-state index contributed by atoms with van der Waals surface area (Å²) in [6.07, 6.45) is 0.988. The third kappa shape index (κ3) is 6.52. The van der Waals surface area contributed by atoms with E-state index in [4.69, 9.17) is 12.2 Å². The molecular formula is C9H12NNaS2. The molecule has 13 heavy (non-hydrogen) atoms. The van der Waals surface area contributed by atoms with Gasteiger partial charge in [-0.15, -0.1) is 12.6 Å². The number of rotatable bonds is 3. The largest absolute Gasteiger partial charge is 1.00 e. The van der Waals surface area contributed by atoms with Crippen LogP contribution in [0.5, 0.6) is 0 Å². The van der Waals surface area contributed by atoms with Gasteiger partial charge in [-0.25, -0.2) is 0 Å². The minimum Gasteiger partial charge on any atom is -1.00 e. The number of hydrogen-bond donors (Lipinski definition) is 2. The number of nitrogens with one attached hydrogen (secondary N) is 1. The predicted molar refractivity (Wildman–Crippen MR) is 60.8 cm³/mol. The number of hydrogen-bond acceptors (Lipinski definition) is 1. The second-order valence-electron chi connectivity index (χ2n) is 2.47. The van der Waals surface area contributed by atoms with Crippen molar-refractivity contribution in [3.05, 3.63) is 35.9 Å². The molecule has 0 saturated heterocycles. The maximum absolute atomic E-state index is 4.76. The van der Waals surface area contributed by atoms with Crippen LogP contribution in [0, 0.1) is 0 Å². The fourth-order valence-corrected chi connectivity index (χ4v) is 1.17. The Bertz CT molecular complexity index is 256. The molecule has 1 aromatic rings. The van der Waals surface area contributed by atoms with Gasteiger partial charge in [-0.2, -0.15) is 0 Å². The zero-order valence-electron chi connectivity index (χ0n) is 8.66. The van der Waals surface area contributed by atoms with E-state index >= 15 is 0 Å². The summed E-state index contributed by atoms with van der Waals surface area (Å²) < 4.78 is 0.561. The summed E-state index contributed by atoms with van der Waals surface area (Å²) in [7, 11) is 0. The van der Waals surface area contributed by atoms with Crippen molar-refractivity contribution in [2.24, 2.45) is 0 Å². The average Bonchev–Trinajstić information content (AvgIpc) is 2.05. The van der Waals surface area contributed by atoms with Gasteiger partial charge < -0.3 is 6.74 Å². The predicted octanol–water partition coefficient (Wildman–Crippen LogP) is -0.850. The van der Waals surface area contributed by atoms with Gasteiger partial charge >= 0.3 is 29.6 Å². The molecule has 4 heteroatoms. The third-order valence-corrected chi connectivity index (χ3v) is 1.84. The van der Waals surface area contributed by atoms with E-state index in [1.165, 1.54) is 5.56 Å². The molecule has 0 amide bonds. The molecule has 0 atom stereocenters. The maximum Gasteiger partial charge on any atom is 1.00 e. The molecule has 0 saturated carbocycles. The van der Waals surface area contributed by atoms with Crippen LogP contribution < -0.4 is 34.9 Å². The number of thiocarbonyl (C=S) groups is 1. The number of thiol groups is 1. The first-order chi connectivity index (χ1) is 5.79. The molecule has 0 aliphatic carbocycles. The fraction of sp³-hybridized carbons (Fsp3) is 0.222. The third-order valence-electron chi connectivity index (χ3n) is 1.53. The molecule has 0 spiro atoms. The van der Waals surface area contributed by atoms with Crippen LogP contribution in [0.15, 0.2) is 30.3 Å². The van der Waals surface area contributed by atoms with E-state index in [0.717, 1.165) is 13.0 Å². The van der Waals surface area contributed by atoms with E-state index in [-0.39, 0.29) is 31.0 Å². The van der Waals surface area contributed by atoms with E-state index in [0.29, 0.717) is 4.32 Å². The van der Waals surface area contributed by atoms with Crippen LogP contribution in [0.3, 0.4) is 0 Å². The van der Waals surface area contributed by atoms with E-state index in [9.17, 15) is 0 Å². The van der Waals surface area contributed by atoms with Crippen molar-refractivity contribution in [3.8, 4) is 0 Å². The molecule has 0 aromatic heterocycles. The first-order valence-corrected chi connectivity index (χ1v) is 4.65. The minimum atomic E-state index is 0. The SMILES string of the molecule is S=C(S)NCCc1ccccc1.[H-].[Na+]. The Labute approximate surface area is 113 Å². The molecular weight excluding hydrogens is 209 g/mol. The van der Waals surface area contributed by atoms with Gasteiger partial charge in [0, 0.05) is 6.54 Å². The Morgan fingerprint density at radius 1 is 1.38 bits per heavy atom. The van der Waals surface area contributed by atoms with Crippen LogP contribution >= 0.6 is 24.8 Å². The van der Waals surface area contributed by atoms with Gasteiger partial charge in [0.25, 0.3) is 0 Å². The molecule has 0 fully saturated rings. The molecule has 0 unspecified atom stereocenters. The molecule has 1 nitrogen and oxygen atoms in total. The Morgan fingerprint density at radius 3 is 2.54 bits per heavy atom. The number of benzene rings is 1. The zero-order valence-corrected chi connectivity index (χ0v) is 11.4. The van der Waals surface area contributed by atoms with Crippen molar-refractivity contribution in [3.63, 3.8) is 0 Å². The van der Waals surface area contributed by atoms with E-state index in [2.05, 4.69) is 30.1 Å². The summed E-state index contributed by atoms with van der Waals surface area (Å²) in [5.74, 6) is 0. The molecule has 0 aliphatic heterocycles. The second kappa shape index (κ2) is 7.83. The van der Waals surface area contributed by atoms with Crippen LogP contribution in [-0.2, 0) is 6.42 Å². The van der Waals surface area contributed by atoms with Gasteiger partial charge in [0.2, 0.25) is 0 Å². The Balaban J connectivity index is 0. The molecule has 1 rings (SSSR count). The van der Waals surface area contributed by atoms with Crippen LogP contribution in [0.25, 0.3) is 0 Å². The van der Waals surface area contributed by atoms with Crippen molar-refractivity contribution >= 4 is 29.2 Å². The summed E-state index contributed by atoms with van der Waals surface area (Å²) >= 11 is 8.73. The van der Waals surface area contributed by atoms with E-state index in [1.807, 2.05) is 18.2 Å². The molecule has 0 heterocycles. The normalized spacial score (nSPS) is 8.69. The molecule has 0 aliphatic rings. The maximum atomic E-state index is 4.76. The van der Waals surface area contributed by atoms with Gasteiger partial charge in [-0.05, 0) is 12.0 Å². The van der Waals surface area contributed by atoms with Gasteiger partial charge in [-0.1, -0.05) is 42.5 Å². The summed E-state index contributed by atoms with van der Waals surface area (Å²) in [5, 5.41) is 2.99. The molecule has 1 aromatic carbocycles. The first-order valence-electron chi connectivity index (χ1n) is 3.80. The van der Waals surface area contributed by atoms with E-state index in [1.54, 1.807) is 0 Å². The summed E-state index contributed by atoms with van der Waals surface area (Å²) in [4.78, 5) is 0. The van der Waals surface area contributed by atoms with Gasteiger partial charge in [-0.3, -0.25) is 0 Å². The molecule has 0 bridgehead atoms. The van der Waals surface area contributed by atoms with Crippen molar-refractivity contribution in [2.45, 2.75) is 6.42 Å². The zero-order chi connectivity index (χ0) is 8.81. The summed E-state index contributed by atoms with van der Waals surface area (Å²) in [6.45, 7) is 0.854. The fourth-order valence-electron chi connectivity index (χ4n) is 0.958. The molecule has 1 N–H and O–H groups in total. The van der Waals surface area contributed by atoms with Crippen LogP contribution in [-0.4, -0.2) is 10.9 Å². The first kappa shape index (κ1) is 13.5. The quantitative estimate of drug-likeness (QED) is 0.392. The van der Waals surface area contributed by atoms with Gasteiger partial charge in [0.15, 0.2) is 0 Å². The van der Waals surface area contributed by atoms with Crippen LogP contribution in [0.1, 0.15) is 6.99 Å². The minimum absolute atomic E-state index is 0. The Kier molecular flexibility index (Phi) is 8.10. The Hall–Kier alpha value is 0.460. The summed E-state index contributed by atoms with van der Waals surface area (Å²) in [5.41, 5.74) is 1.31.